The van der Waals surface area contributed by atoms with Gasteiger partial charge in [-0.25, -0.2) is 8.42 Å². The number of aliphatic hydroxyl groups excluding tert-OH is 1. The molecule has 6 heteroatoms. The zero-order valence-corrected chi connectivity index (χ0v) is 17.2. The van der Waals surface area contributed by atoms with Gasteiger partial charge in [-0.15, -0.1) is 0 Å². The van der Waals surface area contributed by atoms with Gasteiger partial charge in [-0.2, -0.15) is 0 Å². The third-order valence-corrected chi connectivity index (χ3v) is 4.87. The Kier molecular flexibility index (Phi) is 16.8. The Bertz CT molecular complexity index is 304. The second kappa shape index (κ2) is 14.1. The van der Waals surface area contributed by atoms with Crippen LogP contribution in [0.15, 0.2) is 0 Å². The van der Waals surface area contributed by atoms with Gasteiger partial charge in [0, 0.05) is 0 Å². The minimum Gasteiger partial charge on any atom is -0.748 e. The summed E-state index contributed by atoms with van der Waals surface area (Å²) in [7, 11) is -4.37. The van der Waals surface area contributed by atoms with Crippen molar-refractivity contribution in [3.63, 3.8) is 0 Å². The Hall–Kier alpha value is 1.51. The van der Waals surface area contributed by atoms with E-state index in [1.54, 1.807) is 0 Å². The summed E-state index contributed by atoms with van der Waals surface area (Å²) in [5, 5.41) is 8.15. The number of hydrogen-bond donors (Lipinski definition) is 1. The molecule has 0 spiro atoms. The minimum absolute atomic E-state index is 0. The largest absolute Gasteiger partial charge is 1.00 e. The molecule has 0 saturated carbocycles. The van der Waals surface area contributed by atoms with E-state index in [1.165, 1.54) is 45.4 Å². The molecule has 0 aromatic rings. The van der Waals surface area contributed by atoms with Crippen LogP contribution in [0.4, 0.5) is 0 Å². The van der Waals surface area contributed by atoms with Crippen LogP contribution in [0.1, 0.15) is 78.1 Å². The molecule has 0 aliphatic rings. The van der Waals surface area contributed by atoms with Crippen molar-refractivity contribution in [2.24, 2.45) is 0 Å². The molecule has 0 aromatic heterocycles. The van der Waals surface area contributed by atoms with Gasteiger partial charge in [-0.3, -0.25) is 0 Å². The molecule has 2 unspecified atom stereocenters. The van der Waals surface area contributed by atoms with Crippen molar-refractivity contribution in [1.82, 2.24) is 0 Å². The first-order valence-electron chi connectivity index (χ1n) is 7.52. The summed E-state index contributed by atoms with van der Waals surface area (Å²) < 4.78 is 32.8. The van der Waals surface area contributed by atoms with Crippen LogP contribution in [-0.4, -0.2) is 29.4 Å². The first-order valence-corrected chi connectivity index (χ1v) is 8.99. The van der Waals surface area contributed by atoms with Crippen molar-refractivity contribution in [2.75, 3.05) is 0 Å². The van der Waals surface area contributed by atoms with Crippen LogP contribution in [0.2, 0.25) is 0 Å². The van der Waals surface area contributed by atoms with E-state index in [9.17, 15) is 18.1 Å². The van der Waals surface area contributed by atoms with Crippen molar-refractivity contribution in [2.45, 2.75) is 89.4 Å². The second-order valence-corrected chi connectivity index (χ2v) is 6.98. The molecule has 0 aliphatic carbocycles. The molecule has 0 aromatic carbocycles. The van der Waals surface area contributed by atoms with E-state index in [-0.39, 0.29) is 57.8 Å². The van der Waals surface area contributed by atoms with E-state index in [0.29, 0.717) is 6.42 Å². The van der Waals surface area contributed by atoms with Gasteiger partial charge < -0.3 is 9.66 Å². The van der Waals surface area contributed by atoms with Gasteiger partial charge in [0.25, 0.3) is 0 Å². The van der Waals surface area contributed by atoms with Crippen LogP contribution < -0.4 is 51.4 Å². The summed E-state index contributed by atoms with van der Waals surface area (Å²) in [6, 6.07) is 0. The molecule has 20 heavy (non-hydrogen) atoms. The average molecular weight is 333 g/mol. The quantitative estimate of drug-likeness (QED) is 0.315. The first-order chi connectivity index (χ1) is 8.89. The molecule has 116 valence electrons. The number of unbranched alkanes of at least 4 members (excludes halogenated alkanes) is 8. The fraction of sp³-hybridized carbons (Fsp3) is 1.00. The Morgan fingerprint density at radius 2 is 1.35 bits per heavy atom. The molecule has 0 radical (unpaired) electrons. The second-order valence-electron chi connectivity index (χ2n) is 5.39. The predicted molar refractivity (Wildman–Crippen MR) is 77.0 cm³/mol. The van der Waals surface area contributed by atoms with Crippen molar-refractivity contribution in [3.8, 4) is 0 Å². The van der Waals surface area contributed by atoms with Crippen molar-refractivity contribution >= 4 is 10.1 Å². The SMILES string of the molecule is CCCCCCCCCCCC(C(C)O)S(=O)(=O)[O-].[K+]. The van der Waals surface area contributed by atoms with Gasteiger partial charge in [0.1, 0.15) is 10.1 Å². The Morgan fingerprint density at radius 1 is 0.950 bits per heavy atom. The minimum atomic E-state index is -4.37. The van der Waals surface area contributed by atoms with Crippen LogP contribution >= 0.6 is 0 Å². The third-order valence-electron chi connectivity index (χ3n) is 3.50. The van der Waals surface area contributed by atoms with E-state index in [2.05, 4.69) is 6.92 Å². The normalized spacial score (nSPS) is 14.6. The molecule has 0 amide bonds. The van der Waals surface area contributed by atoms with Crippen LogP contribution in [0.25, 0.3) is 0 Å². The molecule has 1 N–H and O–H groups in total. The molecule has 0 rings (SSSR count). The topological polar surface area (TPSA) is 77.4 Å². The zero-order valence-electron chi connectivity index (χ0n) is 13.3. The Labute approximate surface area is 167 Å². The van der Waals surface area contributed by atoms with Crippen LogP contribution in [0.5, 0.6) is 0 Å². The van der Waals surface area contributed by atoms with Crippen LogP contribution in [-0.2, 0) is 10.1 Å². The summed E-state index contributed by atoms with van der Waals surface area (Å²) in [4.78, 5) is 0. The van der Waals surface area contributed by atoms with Gasteiger partial charge >= 0.3 is 51.4 Å². The van der Waals surface area contributed by atoms with E-state index in [0.717, 1.165) is 12.8 Å². The molecular weight excluding hydrogens is 303 g/mol. The molecule has 0 fully saturated rings. The van der Waals surface area contributed by atoms with Gasteiger partial charge in [0.15, 0.2) is 0 Å². The van der Waals surface area contributed by atoms with Gasteiger partial charge in [-0.1, -0.05) is 64.7 Å². The fourth-order valence-electron chi connectivity index (χ4n) is 2.28. The summed E-state index contributed by atoms with van der Waals surface area (Å²) in [6.45, 7) is 3.57. The Balaban J connectivity index is 0. The van der Waals surface area contributed by atoms with Crippen LogP contribution in [0, 0.1) is 0 Å². The maximum atomic E-state index is 10.9. The maximum Gasteiger partial charge on any atom is 1.00 e. The van der Waals surface area contributed by atoms with Crippen molar-refractivity contribution < 1.29 is 69.5 Å². The predicted octanol–water partition coefficient (Wildman–Crippen LogP) is 0.206. The summed E-state index contributed by atoms with van der Waals surface area (Å²) in [6.07, 6.45) is 9.47. The standard InChI is InChI=1S/C14H30O4S.K/c1-3-4-5-6-7-8-9-10-11-12-14(13(2)15)19(16,17)18;/h13-15H,3-12H2,1-2H3,(H,16,17,18);/q;+1/p-1. The van der Waals surface area contributed by atoms with E-state index >= 15 is 0 Å². The summed E-state index contributed by atoms with van der Waals surface area (Å²) >= 11 is 0. The number of rotatable bonds is 12. The fourth-order valence-corrected chi connectivity index (χ4v) is 3.22. The maximum absolute atomic E-state index is 10.9. The Morgan fingerprint density at radius 3 is 1.70 bits per heavy atom. The first kappa shape index (κ1) is 23.8. The summed E-state index contributed by atoms with van der Waals surface area (Å²) in [5.74, 6) is 0. The molecule has 0 aliphatic heterocycles. The summed E-state index contributed by atoms with van der Waals surface area (Å²) in [5.41, 5.74) is 0. The van der Waals surface area contributed by atoms with E-state index < -0.39 is 21.5 Å². The molecule has 0 saturated heterocycles. The third kappa shape index (κ3) is 13.2. The monoisotopic (exact) mass is 332 g/mol. The van der Waals surface area contributed by atoms with Crippen molar-refractivity contribution in [3.05, 3.63) is 0 Å². The molecule has 0 bridgehead atoms. The van der Waals surface area contributed by atoms with Crippen molar-refractivity contribution in [1.29, 1.82) is 0 Å². The van der Waals surface area contributed by atoms with Crippen LogP contribution in [0.3, 0.4) is 0 Å². The van der Waals surface area contributed by atoms with E-state index in [1.807, 2.05) is 0 Å². The molecule has 0 heterocycles. The van der Waals surface area contributed by atoms with Gasteiger partial charge in [0.05, 0.1) is 11.4 Å². The van der Waals surface area contributed by atoms with Gasteiger partial charge in [0.2, 0.25) is 0 Å². The average Bonchev–Trinajstić information content (AvgIpc) is 2.29. The smallest absolute Gasteiger partial charge is 0.748 e. The molecule has 4 nitrogen and oxygen atoms in total. The zero-order chi connectivity index (χ0) is 14.7. The number of aliphatic hydroxyl groups is 1. The van der Waals surface area contributed by atoms with E-state index in [4.69, 9.17) is 0 Å². The molecular formula is C14H29KO4S. The molecule has 2 atom stereocenters. The van der Waals surface area contributed by atoms with Gasteiger partial charge in [-0.05, 0) is 13.3 Å². The number of hydrogen-bond acceptors (Lipinski definition) is 4.